The number of aromatic nitrogens is 2. The number of anilines is 1. The topological polar surface area (TPSA) is 66.9 Å². The molecule has 1 aliphatic rings. The molecule has 0 spiro atoms. The third-order valence-electron chi connectivity index (χ3n) is 1.90. The van der Waals surface area contributed by atoms with E-state index in [1.54, 1.807) is 6.92 Å². The molecule has 70 valence electrons. The van der Waals surface area contributed by atoms with E-state index in [4.69, 9.17) is 0 Å². The van der Waals surface area contributed by atoms with Gasteiger partial charge in [0.15, 0.2) is 0 Å². The number of aryl methyl sites for hydroxylation is 1. The molecule has 1 aliphatic heterocycles. The number of nitrogens with zero attached hydrogens (tertiary/aromatic N) is 2. The summed E-state index contributed by atoms with van der Waals surface area (Å²) in [6, 6.07) is -0.0378. The third-order valence-corrected chi connectivity index (χ3v) is 2.62. The third kappa shape index (κ3) is 1.84. The zero-order valence-electron chi connectivity index (χ0n) is 7.20. The number of amides is 1. The van der Waals surface area contributed by atoms with Gasteiger partial charge >= 0.3 is 0 Å². The van der Waals surface area contributed by atoms with Crippen LogP contribution in [0.25, 0.3) is 0 Å². The number of nitrogens with one attached hydrogen (secondary N) is 2. The first kappa shape index (κ1) is 8.58. The van der Waals surface area contributed by atoms with Crippen molar-refractivity contribution in [2.45, 2.75) is 19.4 Å². The molecule has 2 N–H and O–H groups in total. The first-order chi connectivity index (χ1) is 6.25. The summed E-state index contributed by atoms with van der Waals surface area (Å²) in [7, 11) is 0. The Kier molecular flexibility index (Phi) is 2.24. The van der Waals surface area contributed by atoms with Gasteiger partial charge in [-0.05, 0) is 19.9 Å². The molecule has 5 nitrogen and oxygen atoms in total. The highest BCUT2D eigenvalue weighted by Crippen LogP contribution is 2.12. The van der Waals surface area contributed by atoms with Gasteiger partial charge in [-0.25, -0.2) is 4.98 Å². The van der Waals surface area contributed by atoms with Crippen LogP contribution in [-0.4, -0.2) is 27.9 Å². The van der Waals surface area contributed by atoms with E-state index < -0.39 is 0 Å². The minimum atomic E-state index is -0.0378. The first-order valence-electron chi connectivity index (χ1n) is 4.10. The number of hydrogen-bond acceptors (Lipinski definition) is 5. The Morgan fingerprint density at radius 2 is 2.54 bits per heavy atom. The summed E-state index contributed by atoms with van der Waals surface area (Å²) in [4.78, 5) is 15.4. The average molecular weight is 198 g/mol. The SMILES string of the molecule is Cc1nsc(NC(=O)C2CCN2)n1. The predicted octanol–water partition coefficient (Wildman–Crippen LogP) is 0.147. The van der Waals surface area contributed by atoms with Crippen LogP contribution in [0.4, 0.5) is 5.13 Å². The summed E-state index contributed by atoms with van der Waals surface area (Å²) in [5.41, 5.74) is 0. The van der Waals surface area contributed by atoms with Crippen LogP contribution in [-0.2, 0) is 4.79 Å². The van der Waals surface area contributed by atoms with Gasteiger partial charge in [0.2, 0.25) is 11.0 Å². The van der Waals surface area contributed by atoms with E-state index in [1.807, 2.05) is 0 Å². The summed E-state index contributed by atoms with van der Waals surface area (Å²) in [5, 5.41) is 6.30. The lowest BCUT2D eigenvalue weighted by atomic mass is 10.1. The number of carbonyl (C=O) groups is 1. The molecule has 1 unspecified atom stereocenters. The fraction of sp³-hybridized carbons (Fsp3) is 0.571. The van der Waals surface area contributed by atoms with Crippen LogP contribution in [0.1, 0.15) is 12.2 Å². The zero-order valence-corrected chi connectivity index (χ0v) is 8.02. The van der Waals surface area contributed by atoms with Gasteiger partial charge in [-0.15, -0.1) is 0 Å². The Balaban J connectivity index is 1.93. The lowest BCUT2D eigenvalue weighted by molar-refractivity contribution is -0.119. The predicted molar refractivity (Wildman–Crippen MR) is 49.7 cm³/mol. The van der Waals surface area contributed by atoms with Crippen molar-refractivity contribution in [1.29, 1.82) is 0 Å². The van der Waals surface area contributed by atoms with Crippen molar-refractivity contribution in [3.8, 4) is 0 Å². The maximum Gasteiger partial charge on any atom is 0.243 e. The minimum Gasteiger partial charge on any atom is -0.306 e. The van der Waals surface area contributed by atoms with Crippen LogP contribution in [0.2, 0.25) is 0 Å². The highest BCUT2D eigenvalue weighted by molar-refractivity contribution is 7.09. The second-order valence-electron chi connectivity index (χ2n) is 2.93. The second kappa shape index (κ2) is 3.39. The molecule has 0 aromatic carbocycles. The Bertz CT molecular complexity index is 320. The van der Waals surface area contributed by atoms with Crippen LogP contribution in [0.15, 0.2) is 0 Å². The highest BCUT2D eigenvalue weighted by Gasteiger charge is 2.24. The Morgan fingerprint density at radius 3 is 3.00 bits per heavy atom. The van der Waals surface area contributed by atoms with Crippen molar-refractivity contribution in [2.75, 3.05) is 11.9 Å². The van der Waals surface area contributed by atoms with Crippen LogP contribution < -0.4 is 10.6 Å². The smallest absolute Gasteiger partial charge is 0.243 e. The van der Waals surface area contributed by atoms with Crippen LogP contribution in [0.3, 0.4) is 0 Å². The Labute approximate surface area is 79.7 Å². The first-order valence-corrected chi connectivity index (χ1v) is 4.87. The Hall–Kier alpha value is -1.01. The van der Waals surface area contributed by atoms with Gasteiger partial charge in [-0.1, -0.05) is 0 Å². The van der Waals surface area contributed by atoms with E-state index in [1.165, 1.54) is 11.5 Å². The Morgan fingerprint density at radius 1 is 1.77 bits per heavy atom. The molecule has 2 heterocycles. The lowest BCUT2D eigenvalue weighted by Crippen LogP contribution is -2.50. The van der Waals surface area contributed by atoms with E-state index in [0.717, 1.165) is 13.0 Å². The van der Waals surface area contributed by atoms with Gasteiger partial charge < -0.3 is 5.32 Å². The molecule has 1 aromatic rings. The van der Waals surface area contributed by atoms with Crippen molar-refractivity contribution >= 4 is 22.6 Å². The van der Waals surface area contributed by atoms with Gasteiger partial charge in [0.25, 0.3) is 0 Å². The normalized spacial score (nSPS) is 20.8. The lowest BCUT2D eigenvalue weighted by Gasteiger charge is -2.25. The van der Waals surface area contributed by atoms with E-state index in [-0.39, 0.29) is 11.9 Å². The molecule has 0 bridgehead atoms. The summed E-state index contributed by atoms with van der Waals surface area (Å²) in [5.74, 6) is 0.685. The quantitative estimate of drug-likeness (QED) is 0.709. The highest BCUT2D eigenvalue weighted by atomic mass is 32.1. The molecule has 6 heteroatoms. The van der Waals surface area contributed by atoms with Gasteiger partial charge in [-0.2, -0.15) is 4.37 Å². The molecular weight excluding hydrogens is 188 g/mol. The standard InChI is InChI=1S/C7H10N4OS/c1-4-9-7(13-11-4)10-6(12)5-2-3-8-5/h5,8H,2-3H2,1H3,(H,9,10,11,12). The minimum absolute atomic E-state index is 0.0117. The molecule has 13 heavy (non-hydrogen) atoms. The summed E-state index contributed by atoms with van der Waals surface area (Å²) in [6.45, 7) is 2.72. The van der Waals surface area contributed by atoms with E-state index in [9.17, 15) is 4.79 Å². The monoisotopic (exact) mass is 198 g/mol. The molecule has 1 saturated heterocycles. The van der Waals surface area contributed by atoms with Crippen molar-refractivity contribution < 1.29 is 4.79 Å². The molecule has 0 radical (unpaired) electrons. The molecule has 0 aliphatic carbocycles. The molecule has 1 atom stereocenters. The maximum absolute atomic E-state index is 11.4. The van der Waals surface area contributed by atoms with E-state index in [0.29, 0.717) is 11.0 Å². The fourth-order valence-corrected chi connectivity index (χ4v) is 1.63. The number of carbonyl (C=O) groups excluding carboxylic acids is 1. The molecule has 1 amide bonds. The van der Waals surface area contributed by atoms with Crippen molar-refractivity contribution in [3.63, 3.8) is 0 Å². The number of hydrogen-bond donors (Lipinski definition) is 2. The molecule has 0 saturated carbocycles. The van der Waals surface area contributed by atoms with Crippen LogP contribution in [0.5, 0.6) is 0 Å². The van der Waals surface area contributed by atoms with Crippen molar-refractivity contribution in [3.05, 3.63) is 5.82 Å². The summed E-state index contributed by atoms with van der Waals surface area (Å²) >= 11 is 1.21. The number of rotatable bonds is 2. The largest absolute Gasteiger partial charge is 0.306 e. The van der Waals surface area contributed by atoms with Gasteiger partial charge in [0.05, 0.1) is 6.04 Å². The van der Waals surface area contributed by atoms with Gasteiger partial charge in [0, 0.05) is 11.5 Å². The van der Waals surface area contributed by atoms with Crippen LogP contribution >= 0.6 is 11.5 Å². The zero-order chi connectivity index (χ0) is 9.26. The molecule has 1 fully saturated rings. The maximum atomic E-state index is 11.4. The molecule has 1 aromatic heterocycles. The van der Waals surface area contributed by atoms with Gasteiger partial charge in [0.1, 0.15) is 5.82 Å². The molecule has 2 rings (SSSR count). The second-order valence-corrected chi connectivity index (χ2v) is 3.68. The summed E-state index contributed by atoms with van der Waals surface area (Å²) in [6.07, 6.45) is 0.906. The van der Waals surface area contributed by atoms with Gasteiger partial charge in [-0.3, -0.25) is 10.1 Å². The van der Waals surface area contributed by atoms with E-state index in [2.05, 4.69) is 20.0 Å². The molecular formula is C7H10N4OS. The average Bonchev–Trinajstić information content (AvgIpc) is 2.31. The van der Waals surface area contributed by atoms with E-state index >= 15 is 0 Å². The summed E-state index contributed by atoms with van der Waals surface area (Å²) < 4.78 is 3.97. The van der Waals surface area contributed by atoms with Crippen molar-refractivity contribution in [1.82, 2.24) is 14.7 Å². The van der Waals surface area contributed by atoms with Crippen LogP contribution in [0, 0.1) is 6.92 Å². The van der Waals surface area contributed by atoms with Crippen molar-refractivity contribution in [2.24, 2.45) is 0 Å². The fourth-order valence-electron chi connectivity index (χ4n) is 1.05.